The van der Waals surface area contributed by atoms with Gasteiger partial charge < -0.3 is 10.3 Å². The number of nitrogen functional groups attached to an aromatic ring is 1. The maximum absolute atomic E-state index is 5.76. The van der Waals surface area contributed by atoms with Crippen LogP contribution in [0, 0.1) is 6.92 Å². The standard InChI is InChI=1S/C12H14N6/c1-9-15-11-8-10(13)2-3-12(11)18(9)7-6-17-5-4-14-16-17/h2-5,8H,6-7,13H2,1H3. The molecule has 0 atom stereocenters. The minimum atomic E-state index is 0.739. The summed E-state index contributed by atoms with van der Waals surface area (Å²) in [5, 5.41) is 7.74. The van der Waals surface area contributed by atoms with E-state index in [1.54, 1.807) is 6.20 Å². The van der Waals surface area contributed by atoms with E-state index in [1.165, 1.54) is 0 Å². The zero-order valence-corrected chi connectivity index (χ0v) is 10.1. The molecule has 2 N–H and O–H groups in total. The Hall–Kier alpha value is -2.37. The summed E-state index contributed by atoms with van der Waals surface area (Å²) >= 11 is 0. The van der Waals surface area contributed by atoms with Crippen LogP contribution >= 0.6 is 0 Å². The molecule has 0 aliphatic carbocycles. The van der Waals surface area contributed by atoms with Gasteiger partial charge in [-0.25, -0.2) is 4.98 Å². The minimum Gasteiger partial charge on any atom is -0.399 e. The van der Waals surface area contributed by atoms with E-state index < -0.39 is 0 Å². The Kier molecular flexibility index (Phi) is 2.47. The van der Waals surface area contributed by atoms with Gasteiger partial charge in [-0.05, 0) is 25.1 Å². The fourth-order valence-electron chi connectivity index (χ4n) is 2.10. The van der Waals surface area contributed by atoms with E-state index in [2.05, 4.69) is 19.9 Å². The Bertz CT molecular complexity index is 667. The van der Waals surface area contributed by atoms with Crippen molar-refractivity contribution in [1.29, 1.82) is 0 Å². The molecule has 6 nitrogen and oxygen atoms in total. The van der Waals surface area contributed by atoms with Crippen LogP contribution in [0.5, 0.6) is 0 Å². The molecule has 2 aromatic heterocycles. The molecule has 6 heteroatoms. The van der Waals surface area contributed by atoms with Gasteiger partial charge in [-0.3, -0.25) is 4.68 Å². The third-order valence-corrected chi connectivity index (χ3v) is 2.99. The second-order valence-corrected chi connectivity index (χ2v) is 4.22. The Labute approximate surface area is 104 Å². The molecule has 0 unspecified atom stereocenters. The second-order valence-electron chi connectivity index (χ2n) is 4.22. The van der Waals surface area contributed by atoms with Crippen molar-refractivity contribution in [1.82, 2.24) is 24.5 Å². The summed E-state index contributed by atoms with van der Waals surface area (Å²) in [6.07, 6.45) is 3.53. The number of hydrogen-bond donors (Lipinski definition) is 1. The number of nitrogens with zero attached hydrogens (tertiary/aromatic N) is 5. The van der Waals surface area contributed by atoms with Gasteiger partial charge in [0.2, 0.25) is 0 Å². The highest BCUT2D eigenvalue weighted by Crippen LogP contribution is 2.18. The van der Waals surface area contributed by atoms with Crippen LogP contribution in [0.25, 0.3) is 11.0 Å². The number of hydrogen-bond acceptors (Lipinski definition) is 4. The highest BCUT2D eigenvalue weighted by molar-refractivity contribution is 5.79. The molecule has 18 heavy (non-hydrogen) atoms. The molecule has 0 fully saturated rings. The van der Waals surface area contributed by atoms with Gasteiger partial charge >= 0.3 is 0 Å². The van der Waals surface area contributed by atoms with Gasteiger partial charge in [-0.2, -0.15) is 0 Å². The monoisotopic (exact) mass is 242 g/mol. The van der Waals surface area contributed by atoms with Crippen molar-refractivity contribution in [2.75, 3.05) is 5.73 Å². The normalized spacial score (nSPS) is 11.2. The zero-order chi connectivity index (χ0) is 12.5. The van der Waals surface area contributed by atoms with E-state index in [1.807, 2.05) is 36.0 Å². The third-order valence-electron chi connectivity index (χ3n) is 2.99. The minimum absolute atomic E-state index is 0.739. The lowest BCUT2D eigenvalue weighted by molar-refractivity contribution is 0.520. The maximum Gasteiger partial charge on any atom is 0.106 e. The molecular weight excluding hydrogens is 228 g/mol. The summed E-state index contributed by atoms with van der Waals surface area (Å²) in [5.41, 5.74) is 8.54. The SMILES string of the molecule is Cc1nc2cc(N)ccc2n1CCn1ccnn1. The number of fused-ring (bicyclic) bond motifs is 1. The first-order valence-corrected chi connectivity index (χ1v) is 5.80. The lowest BCUT2D eigenvalue weighted by Crippen LogP contribution is -2.09. The average molecular weight is 242 g/mol. The summed E-state index contributed by atoms with van der Waals surface area (Å²) in [5.74, 6) is 0.982. The highest BCUT2D eigenvalue weighted by atomic mass is 15.4. The van der Waals surface area contributed by atoms with Crippen LogP contribution in [0.4, 0.5) is 5.69 Å². The Morgan fingerprint density at radius 3 is 2.94 bits per heavy atom. The summed E-state index contributed by atoms with van der Waals surface area (Å²) < 4.78 is 3.97. The molecule has 0 amide bonds. The van der Waals surface area contributed by atoms with E-state index in [0.29, 0.717) is 0 Å². The van der Waals surface area contributed by atoms with Gasteiger partial charge in [0.25, 0.3) is 0 Å². The Balaban J connectivity index is 1.93. The van der Waals surface area contributed by atoms with Crippen molar-refractivity contribution in [2.24, 2.45) is 0 Å². The number of imidazole rings is 1. The molecule has 0 spiro atoms. The molecule has 2 heterocycles. The zero-order valence-electron chi connectivity index (χ0n) is 10.1. The Morgan fingerprint density at radius 1 is 1.28 bits per heavy atom. The second kappa shape index (κ2) is 4.14. The lowest BCUT2D eigenvalue weighted by atomic mass is 10.3. The molecule has 0 bridgehead atoms. The van der Waals surface area contributed by atoms with Gasteiger partial charge in [0.15, 0.2) is 0 Å². The van der Waals surface area contributed by atoms with Gasteiger partial charge in [0, 0.05) is 18.4 Å². The summed E-state index contributed by atoms with van der Waals surface area (Å²) in [6, 6.07) is 5.80. The van der Waals surface area contributed by atoms with Gasteiger partial charge in [-0.15, -0.1) is 5.10 Å². The maximum atomic E-state index is 5.76. The van der Waals surface area contributed by atoms with Crippen molar-refractivity contribution in [2.45, 2.75) is 20.0 Å². The van der Waals surface area contributed by atoms with Crippen LogP contribution in [-0.4, -0.2) is 24.5 Å². The van der Waals surface area contributed by atoms with Gasteiger partial charge in [0.1, 0.15) is 5.82 Å². The van der Waals surface area contributed by atoms with Crippen molar-refractivity contribution < 1.29 is 0 Å². The van der Waals surface area contributed by atoms with Crippen molar-refractivity contribution in [3.8, 4) is 0 Å². The van der Waals surface area contributed by atoms with Crippen molar-refractivity contribution >= 4 is 16.7 Å². The number of anilines is 1. The molecular formula is C12H14N6. The first-order valence-electron chi connectivity index (χ1n) is 5.80. The van der Waals surface area contributed by atoms with E-state index in [4.69, 9.17) is 5.73 Å². The Morgan fingerprint density at radius 2 is 2.17 bits per heavy atom. The van der Waals surface area contributed by atoms with E-state index in [-0.39, 0.29) is 0 Å². The summed E-state index contributed by atoms with van der Waals surface area (Å²) in [7, 11) is 0. The van der Waals surface area contributed by atoms with Crippen LogP contribution in [0.3, 0.4) is 0 Å². The summed E-state index contributed by atoms with van der Waals surface area (Å²) in [4.78, 5) is 4.51. The molecule has 0 aliphatic heterocycles. The smallest absolute Gasteiger partial charge is 0.106 e. The number of nitrogens with two attached hydrogens (primary N) is 1. The average Bonchev–Trinajstić information content (AvgIpc) is 2.93. The fraction of sp³-hybridized carbons (Fsp3) is 0.250. The summed E-state index contributed by atoms with van der Waals surface area (Å²) in [6.45, 7) is 3.59. The van der Waals surface area contributed by atoms with Crippen LogP contribution < -0.4 is 5.73 Å². The highest BCUT2D eigenvalue weighted by Gasteiger charge is 2.07. The lowest BCUT2D eigenvalue weighted by Gasteiger charge is -2.06. The first-order chi connectivity index (χ1) is 8.74. The molecule has 0 radical (unpaired) electrons. The number of rotatable bonds is 3. The number of benzene rings is 1. The van der Waals surface area contributed by atoms with Gasteiger partial charge in [-0.1, -0.05) is 5.21 Å². The van der Waals surface area contributed by atoms with Crippen LogP contribution in [-0.2, 0) is 13.1 Å². The molecule has 92 valence electrons. The van der Waals surface area contributed by atoms with E-state index in [9.17, 15) is 0 Å². The number of aryl methyl sites for hydroxylation is 3. The fourth-order valence-corrected chi connectivity index (χ4v) is 2.10. The third kappa shape index (κ3) is 1.81. The molecule has 0 saturated carbocycles. The predicted octanol–water partition coefficient (Wildman–Crippen LogP) is 1.22. The molecule has 0 saturated heterocycles. The molecule has 3 aromatic rings. The quantitative estimate of drug-likeness (QED) is 0.701. The van der Waals surface area contributed by atoms with Gasteiger partial charge in [0.05, 0.1) is 23.8 Å². The molecule has 1 aromatic carbocycles. The molecule has 3 rings (SSSR count). The van der Waals surface area contributed by atoms with Crippen molar-refractivity contribution in [3.05, 3.63) is 36.4 Å². The van der Waals surface area contributed by atoms with E-state index in [0.717, 1.165) is 35.6 Å². The number of aromatic nitrogens is 5. The predicted molar refractivity (Wildman–Crippen MR) is 68.9 cm³/mol. The van der Waals surface area contributed by atoms with Crippen molar-refractivity contribution in [3.63, 3.8) is 0 Å². The molecule has 0 aliphatic rings. The van der Waals surface area contributed by atoms with Crippen LogP contribution in [0.15, 0.2) is 30.6 Å². The topological polar surface area (TPSA) is 74.5 Å². The largest absolute Gasteiger partial charge is 0.399 e. The first kappa shape index (κ1) is 10.8. The van der Waals surface area contributed by atoms with Crippen LogP contribution in [0.2, 0.25) is 0 Å². The van der Waals surface area contributed by atoms with Crippen LogP contribution in [0.1, 0.15) is 5.82 Å². The van der Waals surface area contributed by atoms with E-state index >= 15 is 0 Å².